The van der Waals surface area contributed by atoms with Crippen molar-refractivity contribution in [3.05, 3.63) is 75.7 Å². The molecule has 0 spiro atoms. The summed E-state index contributed by atoms with van der Waals surface area (Å²) < 4.78 is 3.31. The number of aromatic nitrogens is 2. The third kappa shape index (κ3) is 3.44. The van der Waals surface area contributed by atoms with Crippen molar-refractivity contribution >= 4 is 37.4 Å². The first-order chi connectivity index (χ1) is 14.0. The minimum absolute atomic E-state index is 0.191. The smallest absolute Gasteiger partial charge is 0.276 e. The number of hydrogen-bond acceptors (Lipinski definition) is 4. The topological polar surface area (TPSA) is 64.0 Å². The molecule has 148 valence electrons. The molecule has 0 bridgehead atoms. The lowest BCUT2D eigenvalue weighted by atomic mass is 10.1. The Labute approximate surface area is 173 Å². The molecule has 0 aliphatic rings. The first kappa shape index (κ1) is 19.3. The van der Waals surface area contributed by atoms with Crippen LogP contribution in [-0.2, 0) is 11.3 Å². The molecule has 0 saturated heterocycles. The van der Waals surface area contributed by atoms with E-state index in [9.17, 15) is 9.59 Å². The van der Waals surface area contributed by atoms with Gasteiger partial charge in [0.2, 0.25) is 5.91 Å². The molecule has 5 nitrogen and oxygen atoms in total. The number of hydrogen-bond donors (Lipinski definition) is 1. The van der Waals surface area contributed by atoms with Crippen LogP contribution in [0.1, 0.15) is 36.2 Å². The van der Waals surface area contributed by atoms with Crippen LogP contribution in [0.4, 0.5) is 0 Å². The molecule has 2 heterocycles. The van der Waals surface area contributed by atoms with Gasteiger partial charge in [-0.25, -0.2) is 4.68 Å². The zero-order valence-corrected chi connectivity index (χ0v) is 17.5. The van der Waals surface area contributed by atoms with Crippen LogP contribution in [0.15, 0.2) is 53.3 Å². The van der Waals surface area contributed by atoms with E-state index < -0.39 is 6.04 Å². The molecule has 0 saturated carbocycles. The standard InChI is InChI=1S/C23H23N3O2S/c1-4-18(22(27)24-13-16-10-6-5-9-14(16)2)26-23(28)20-17-11-7-8-12-19(17)29-21(20)15(3)25-26/h5-12,18H,4,13H2,1-3H3,(H,24,27)/t18-/m0/s1. The van der Waals surface area contributed by atoms with Crippen LogP contribution >= 0.6 is 11.3 Å². The van der Waals surface area contributed by atoms with Crippen molar-refractivity contribution in [1.82, 2.24) is 15.1 Å². The Morgan fingerprint density at radius 3 is 2.62 bits per heavy atom. The molecule has 4 rings (SSSR count). The Morgan fingerprint density at radius 1 is 1.14 bits per heavy atom. The number of carbonyl (C=O) groups excluding carboxylic acids is 1. The van der Waals surface area contributed by atoms with Crippen molar-refractivity contribution in [2.45, 2.75) is 39.8 Å². The first-order valence-corrected chi connectivity index (χ1v) is 10.6. The molecule has 0 fully saturated rings. The molecule has 2 aromatic carbocycles. The number of thiophene rings is 1. The van der Waals surface area contributed by atoms with Gasteiger partial charge >= 0.3 is 0 Å². The van der Waals surface area contributed by atoms with Crippen molar-refractivity contribution < 1.29 is 4.79 Å². The van der Waals surface area contributed by atoms with E-state index in [1.807, 2.05) is 69.3 Å². The van der Waals surface area contributed by atoms with Gasteiger partial charge in [0.25, 0.3) is 5.56 Å². The van der Waals surface area contributed by atoms with Gasteiger partial charge in [0.15, 0.2) is 0 Å². The molecular weight excluding hydrogens is 382 g/mol. The molecule has 2 aromatic heterocycles. The highest BCUT2D eigenvalue weighted by Crippen LogP contribution is 2.33. The van der Waals surface area contributed by atoms with Crippen LogP contribution in [0, 0.1) is 13.8 Å². The molecule has 6 heteroatoms. The summed E-state index contributed by atoms with van der Waals surface area (Å²) in [6.45, 7) is 6.24. The van der Waals surface area contributed by atoms with Crippen molar-refractivity contribution in [3.63, 3.8) is 0 Å². The fourth-order valence-corrected chi connectivity index (χ4v) is 4.80. The molecule has 1 N–H and O–H groups in total. The van der Waals surface area contributed by atoms with Crippen LogP contribution in [0.2, 0.25) is 0 Å². The Hall–Kier alpha value is -2.99. The maximum absolute atomic E-state index is 13.3. The molecule has 29 heavy (non-hydrogen) atoms. The highest BCUT2D eigenvalue weighted by Gasteiger charge is 2.24. The van der Waals surface area contributed by atoms with Gasteiger partial charge < -0.3 is 5.32 Å². The van der Waals surface area contributed by atoms with E-state index in [0.29, 0.717) is 18.4 Å². The van der Waals surface area contributed by atoms with Crippen molar-refractivity contribution in [2.24, 2.45) is 0 Å². The minimum Gasteiger partial charge on any atom is -0.350 e. The number of amides is 1. The quantitative estimate of drug-likeness (QED) is 0.532. The summed E-state index contributed by atoms with van der Waals surface area (Å²) in [5, 5.41) is 9.07. The second-order valence-corrected chi connectivity index (χ2v) is 8.26. The molecule has 0 unspecified atom stereocenters. The molecule has 1 amide bonds. The molecule has 0 aliphatic carbocycles. The monoisotopic (exact) mass is 405 g/mol. The lowest BCUT2D eigenvalue weighted by Gasteiger charge is -2.18. The average molecular weight is 406 g/mol. The van der Waals surface area contributed by atoms with E-state index in [1.54, 1.807) is 11.3 Å². The SMILES string of the molecule is CC[C@@H](C(=O)NCc1ccccc1C)n1nc(C)c2sc3ccccc3c2c1=O. The molecule has 0 aliphatic heterocycles. The summed E-state index contributed by atoms with van der Waals surface area (Å²) in [6, 6.07) is 15.2. The van der Waals surface area contributed by atoms with Crippen LogP contribution in [0.3, 0.4) is 0 Å². The summed E-state index contributed by atoms with van der Waals surface area (Å²) in [4.78, 5) is 26.3. The Balaban J connectivity index is 1.72. The summed E-state index contributed by atoms with van der Waals surface area (Å²) in [7, 11) is 0. The van der Waals surface area contributed by atoms with Gasteiger partial charge in [-0.15, -0.1) is 11.3 Å². The maximum Gasteiger partial charge on any atom is 0.276 e. The van der Waals surface area contributed by atoms with Crippen molar-refractivity contribution in [1.29, 1.82) is 0 Å². The van der Waals surface area contributed by atoms with E-state index >= 15 is 0 Å². The van der Waals surface area contributed by atoms with Gasteiger partial charge in [-0.05, 0) is 37.5 Å². The third-order valence-corrected chi connectivity index (χ3v) is 6.58. The number of aryl methyl sites for hydroxylation is 2. The molecular formula is C23H23N3O2S. The number of fused-ring (bicyclic) bond motifs is 3. The highest BCUT2D eigenvalue weighted by atomic mass is 32.1. The summed E-state index contributed by atoms with van der Waals surface area (Å²) in [6.07, 6.45) is 0.486. The molecule has 4 aromatic rings. The summed E-state index contributed by atoms with van der Waals surface area (Å²) in [5.41, 5.74) is 2.75. The summed E-state index contributed by atoms with van der Waals surface area (Å²) >= 11 is 1.57. The zero-order chi connectivity index (χ0) is 20.5. The number of carbonyl (C=O) groups is 1. The fourth-order valence-electron chi connectivity index (χ4n) is 3.67. The van der Waals surface area contributed by atoms with Gasteiger partial charge in [-0.2, -0.15) is 5.10 Å². The Bertz CT molecular complexity index is 1270. The zero-order valence-electron chi connectivity index (χ0n) is 16.7. The van der Waals surface area contributed by atoms with Crippen LogP contribution < -0.4 is 10.9 Å². The van der Waals surface area contributed by atoms with Crippen LogP contribution in [0.25, 0.3) is 20.2 Å². The predicted octanol–water partition coefficient (Wildman–Crippen LogP) is 4.50. The van der Waals surface area contributed by atoms with E-state index in [0.717, 1.165) is 31.6 Å². The second-order valence-electron chi connectivity index (χ2n) is 7.21. The first-order valence-electron chi connectivity index (χ1n) is 9.74. The fraction of sp³-hybridized carbons (Fsp3) is 0.261. The highest BCUT2D eigenvalue weighted by molar-refractivity contribution is 7.26. The van der Waals surface area contributed by atoms with Crippen molar-refractivity contribution in [2.75, 3.05) is 0 Å². The Kier molecular flexibility index (Phi) is 5.20. The molecule has 1 atom stereocenters. The minimum atomic E-state index is -0.645. The number of nitrogens with one attached hydrogen (secondary N) is 1. The maximum atomic E-state index is 13.3. The second kappa shape index (κ2) is 7.79. The van der Waals surface area contributed by atoms with Crippen LogP contribution in [0.5, 0.6) is 0 Å². The number of benzene rings is 2. The largest absolute Gasteiger partial charge is 0.350 e. The third-order valence-electron chi connectivity index (χ3n) is 5.30. The van der Waals surface area contributed by atoms with E-state index in [2.05, 4.69) is 10.4 Å². The van der Waals surface area contributed by atoms with E-state index in [-0.39, 0.29) is 11.5 Å². The van der Waals surface area contributed by atoms with E-state index in [4.69, 9.17) is 0 Å². The average Bonchev–Trinajstić information content (AvgIpc) is 3.12. The van der Waals surface area contributed by atoms with Crippen molar-refractivity contribution in [3.8, 4) is 0 Å². The van der Waals surface area contributed by atoms with Gasteiger partial charge in [0, 0.05) is 16.6 Å². The normalized spacial score (nSPS) is 12.4. The number of nitrogens with zero attached hydrogens (tertiary/aromatic N) is 2. The van der Waals surface area contributed by atoms with Gasteiger partial charge in [0.05, 0.1) is 15.8 Å². The molecule has 0 radical (unpaired) electrons. The van der Waals surface area contributed by atoms with Gasteiger partial charge in [-0.1, -0.05) is 49.4 Å². The lowest BCUT2D eigenvalue weighted by Crippen LogP contribution is -2.38. The number of rotatable bonds is 5. The Morgan fingerprint density at radius 2 is 1.86 bits per heavy atom. The predicted molar refractivity (Wildman–Crippen MR) is 118 cm³/mol. The lowest BCUT2D eigenvalue weighted by molar-refractivity contribution is -0.125. The van der Waals surface area contributed by atoms with Gasteiger partial charge in [0.1, 0.15) is 6.04 Å². The van der Waals surface area contributed by atoms with Gasteiger partial charge in [-0.3, -0.25) is 9.59 Å². The van der Waals surface area contributed by atoms with Crippen LogP contribution in [-0.4, -0.2) is 15.7 Å². The summed E-state index contributed by atoms with van der Waals surface area (Å²) in [5.74, 6) is -0.191. The van der Waals surface area contributed by atoms with E-state index in [1.165, 1.54) is 4.68 Å².